The molecule has 1 saturated heterocycles. The van der Waals surface area contributed by atoms with Crippen molar-refractivity contribution in [3.05, 3.63) is 66.2 Å². The Hall–Kier alpha value is -2.54. The summed E-state index contributed by atoms with van der Waals surface area (Å²) >= 11 is 5.15. The van der Waals surface area contributed by atoms with Gasteiger partial charge in [-0.15, -0.1) is 0 Å². The van der Waals surface area contributed by atoms with Crippen LogP contribution in [0.4, 0.5) is 24.5 Å². The molecule has 2 aromatic rings. The molecule has 0 radical (unpaired) electrons. The van der Waals surface area contributed by atoms with Gasteiger partial charge in [0.1, 0.15) is 0 Å². The fraction of sp³-hybridized carbons (Fsp3) is 0.250. The molecular weight excluding hydrogens is 371 g/mol. The van der Waals surface area contributed by atoms with Crippen LogP contribution in [0.15, 0.2) is 55.1 Å². The lowest BCUT2D eigenvalue weighted by molar-refractivity contribution is -0.136. The van der Waals surface area contributed by atoms with Gasteiger partial charge in [-0.05, 0) is 54.9 Å². The summed E-state index contributed by atoms with van der Waals surface area (Å²) in [6.45, 7) is 6.05. The van der Waals surface area contributed by atoms with Crippen LogP contribution in [0.5, 0.6) is 0 Å². The summed E-state index contributed by atoms with van der Waals surface area (Å²) in [6, 6.07) is 13.1. The summed E-state index contributed by atoms with van der Waals surface area (Å²) < 4.78 is 39.2. The van der Waals surface area contributed by atoms with Gasteiger partial charge < -0.3 is 15.5 Å². The highest BCUT2D eigenvalue weighted by molar-refractivity contribution is 7.80. The Morgan fingerprint density at radius 2 is 1.63 bits per heavy atom. The summed E-state index contributed by atoms with van der Waals surface area (Å²) in [4.78, 5) is 2.32. The summed E-state index contributed by atoms with van der Waals surface area (Å²) in [5.74, 6) is 0. The van der Waals surface area contributed by atoms with E-state index in [0.717, 1.165) is 30.4 Å². The molecule has 2 aromatic carbocycles. The van der Waals surface area contributed by atoms with Crippen molar-refractivity contribution >= 4 is 34.4 Å². The largest absolute Gasteiger partial charge is 0.418 e. The van der Waals surface area contributed by atoms with Crippen LogP contribution < -0.4 is 15.5 Å². The van der Waals surface area contributed by atoms with E-state index in [9.17, 15) is 13.2 Å². The van der Waals surface area contributed by atoms with Gasteiger partial charge in [0.2, 0.25) is 0 Å². The molecule has 0 spiro atoms. The van der Waals surface area contributed by atoms with Crippen molar-refractivity contribution < 1.29 is 13.2 Å². The van der Waals surface area contributed by atoms with Gasteiger partial charge in [-0.3, -0.25) is 0 Å². The maximum absolute atomic E-state index is 13.1. The van der Waals surface area contributed by atoms with Crippen LogP contribution >= 0.6 is 12.2 Å². The molecule has 7 heteroatoms. The minimum Gasteiger partial charge on any atom is -0.372 e. The molecule has 27 heavy (non-hydrogen) atoms. The number of para-hydroxylation sites is 1. The second kappa shape index (κ2) is 8.00. The van der Waals surface area contributed by atoms with Gasteiger partial charge in [-0.25, -0.2) is 0 Å². The van der Waals surface area contributed by atoms with Gasteiger partial charge in [0.25, 0.3) is 0 Å². The van der Waals surface area contributed by atoms with E-state index in [0.29, 0.717) is 5.70 Å². The highest BCUT2D eigenvalue weighted by Crippen LogP contribution is 2.34. The number of hydrogen-bond donors (Lipinski definition) is 2. The molecule has 3 nitrogen and oxygen atoms in total. The normalized spacial score (nSPS) is 14.1. The van der Waals surface area contributed by atoms with Gasteiger partial charge in [0.05, 0.1) is 11.3 Å². The third-order valence-electron chi connectivity index (χ3n) is 4.43. The average Bonchev–Trinajstić information content (AvgIpc) is 3.16. The first-order valence-corrected chi connectivity index (χ1v) is 9.04. The lowest BCUT2D eigenvalue weighted by Crippen LogP contribution is -2.28. The molecule has 1 fully saturated rings. The molecule has 0 unspecified atom stereocenters. The fourth-order valence-electron chi connectivity index (χ4n) is 3.05. The third kappa shape index (κ3) is 4.80. The van der Waals surface area contributed by atoms with Crippen molar-refractivity contribution in [3.63, 3.8) is 0 Å². The highest BCUT2D eigenvalue weighted by atomic mass is 32.1. The molecule has 1 aliphatic rings. The monoisotopic (exact) mass is 391 g/mol. The Morgan fingerprint density at radius 3 is 2.26 bits per heavy atom. The molecule has 0 aliphatic carbocycles. The zero-order valence-corrected chi connectivity index (χ0v) is 15.5. The van der Waals surface area contributed by atoms with E-state index < -0.39 is 11.7 Å². The Labute approximate surface area is 161 Å². The second-order valence-corrected chi connectivity index (χ2v) is 6.75. The first-order chi connectivity index (χ1) is 12.8. The molecule has 1 aliphatic heterocycles. The summed E-state index contributed by atoms with van der Waals surface area (Å²) in [5, 5.41) is 5.52. The maximum atomic E-state index is 13.1. The van der Waals surface area contributed by atoms with Gasteiger partial charge in [-0.2, -0.15) is 13.2 Å². The first kappa shape index (κ1) is 19.2. The fourth-order valence-corrected chi connectivity index (χ4v) is 3.28. The summed E-state index contributed by atoms with van der Waals surface area (Å²) in [7, 11) is 0. The van der Waals surface area contributed by atoms with Crippen molar-refractivity contribution in [2.24, 2.45) is 0 Å². The standard InChI is InChI=1S/C20H20F3N3S/c1-14(15-8-10-16(11-9-15)26-12-4-5-13-26)24-19(27)25-18-7-3-2-6-17(18)20(21,22)23/h2-3,6-11H,1,4-5,12-13H2,(H2,24,25,27). The molecule has 0 aromatic heterocycles. The third-order valence-corrected chi connectivity index (χ3v) is 4.64. The Balaban J connectivity index is 1.63. The maximum Gasteiger partial charge on any atom is 0.418 e. The SMILES string of the molecule is C=C(NC(=S)Nc1ccccc1C(F)(F)F)c1ccc(N2CCCC2)cc1. The van der Waals surface area contributed by atoms with Crippen LogP contribution in [0.3, 0.4) is 0 Å². The number of alkyl halides is 3. The van der Waals surface area contributed by atoms with Gasteiger partial charge in [-0.1, -0.05) is 30.8 Å². The van der Waals surface area contributed by atoms with Gasteiger partial charge >= 0.3 is 6.18 Å². The van der Waals surface area contributed by atoms with Crippen LogP contribution in [0.25, 0.3) is 5.70 Å². The molecule has 0 atom stereocenters. The van der Waals surface area contributed by atoms with Crippen molar-refractivity contribution in [2.75, 3.05) is 23.3 Å². The van der Waals surface area contributed by atoms with Crippen LogP contribution in [0.2, 0.25) is 0 Å². The molecule has 0 amide bonds. The van der Waals surface area contributed by atoms with E-state index in [1.54, 1.807) is 0 Å². The quantitative estimate of drug-likeness (QED) is 0.695. The average molecular weight is 391 g/mol. The lowest BCUT2D eigenvalue weighted by Gasteiger charge is -2.19. The molecule has 3 rings (SSSR count). The zero-order chi connectivity index (χ0) is 19.4. The van der Waals surface area contributed by atoms with Crippen molar-refractivity contribution in [2.45, 2.75) is 19.0 Å². The van der Waals surface area contributed by atoms with Crippen LogP contribution in [-0.2, 0) is 6.18 Å². The number of rotatable bonds is 4. The van der Waals surface area contributed by atoms with Crippen molar-refractivity contribution in [3.8, 4) is 0 Å². The van der Waals surface area contributed by atoms with Gasteiger partial charge in [0.15, 0.2) is 5.11 Å². The number of benzene rings is 2. The molecule has 0 bridgehead atoms. The first-order valence-electron chi connectivity index (χ1n) is 8.63. The number of nitrogens with zero attached hydrogens (tertiary/aromatic N) is 1. The van der Waals surface area contributed by atoms with E-state index in [1.165, 1.54) is 31.0 Å². The topological polar surface area (TPSA) is 27.3 Å². The van der Waals surface area contributed by atoms with Crippen LogP contribution in [0.1, 0.15) is 24.0 Å². The zero-order valence-electron chi connectivity index (χ0n) is 14.6. The van der Waals surface area contributed by atoms with Gasteiger partial charge in [0, 0.05) is 24.5 Å². The van der Waals surface area contributed by atoms with Crippen molar-refractivity contribution in [1.29, 1.82) is 0 Å². The minimum absolute atomic E-state index is 0.0559. The van der Waals surface area contributed by atoms with E-state index in [4.69, 9.17) is 12.2 Å². The number of anilines is 2. The Morgan fingerprint density at radius 1 is 1.00 bits per heavy atom. The summed E-state index contributed by atoms with van der Waals surface area (Å²) in [5.41, 5.74) is 1.63. The smallest absolute Gasteiger partial charge is 0.372 e. The molecule has 1 heterocycles. The van der Waals surface area contributed by atoms with E-state index in [2.05, 4.69) is 22.1 Å². The number of thiocarbonyl (C=S) groups is 1. The molecular formula is C20H20F3N3S. The van der Waals surface area contributed by atoms with Crippen LogP contribution in [-0.4, -0.2) is 18.2 Å². The van der Waals surface area contributed by atoms with E-state index >= 15 is 0 Å². The predicted octanol–water partition coefficient (Wildman–Crippen LogP) is 5.26. The number of hydrogen-bond acceptors (Lipinski definition) is 2. The lowest BCUT2D eigenvalue weighted by atomic mass is 10.1. The second-order valence-electron chi connectivity index (χ2n) is 6.34. The van der Waals surface area contributed by atoms with E-state index in [-0.39, 0.29) is 10.8 Å². The Bertz CT molecular complexity index is 825. The molecule has 142 valence electrons. The predicted molar refractivity (Wildman–Crippen MR) is 108 cm³/mol. The summed E-state index contributed by atoms with van der Waals surface area (Å²) in [6.07, 6.45) is -2.05. The highest BCUT2D eigenvalue weighted by Gasteiger charge is 2.33. The number of nitrogens with one attached hydrogen (secondary N) is 2. The molecule has 0 saturated carbocycles. The Kier molecular flexibility index (Phi) is 5.70. The number of halogens is 3. The van der Waals surface area contributed by atoms with Crippen molar-refractivity contribution in [1.82, 2.24) is 5.32 Å². The molecule has 2 N–H and O–H groups in total. The minimum atomic E-state index is -4.46. The van der Waals surface area contributed by atoms with Crippen LogP contribution in [0, 0.1) is 0 Å². The van der Waals surface area contributed by atoms with E-state index in [1.807, 2.05) is 24.3 Å².